The van der Waals surface area contributed by atoms with E-state index in [1.165, 1.54) is 12.1 Å². The number of carboxylic acid groups (broad SMARTS) is 1. The Hall–Kier alpha value is -2.67. The Morgan fingerprint density at radius 1 is 1.48 bits per heavy atom. The quantitative estimate of drug-likeness (QED) is 0.685. The van der Waals surface area contributed by atoms with E-state index in [-0.39, 0.29) is 27.9 Å². The summed E-state index contributed by atoms with van der Waals surface area (Å²) in [6.07, 6.45) is 1.01. The van der Waals surface area contributed by atoms with Gasteiger partial charge in [0.05, 0.1) is 10.5 Å². The van der Waals surface area contributed by atoms with Gasteiger partial charge in [0.15, 0.2) is 0 Å². The van der Waals surface area contributed by atoms with Crippen molar-refractivity contribution >= 4 is 23.3 Å². The van der Waals surface area contributed by atoms with E-state index in [1.54, 1.807) is 13.0 Å². The zero-order valence-electron chi connectivity index (χ0n) is 10.7. The molecule has 0 atom stereocenters. The van der Waals surface area contributed by atoms with Crippen LogP contribution in [-0.4, -0.2) is 21.0 Å². The van der Waals surface area contributed by atoms with Crippen LogP contribution < -0.4 is 4.74 Å². The molecule has 0 aliphatic rings. The van der Waals surface area contributed by atoms with Crippen molar-refractivity contribution in [3.05, 3.63) is 56.7 Å². The second-order valence-electron chi connectivity index (χ2n) is 4.07. The van der Waals surface area contributed by atoms with Gasteiger partial charge in [0, 0.05) is 11.6 Å². The fraction of sp³-hybridized carbons (Fsp3) is 0.0769. The van der Waals surface area contributed by atoms with Crippen LogP contribution in [0.2, 0.25) is 5.02 Å². The predicted molar refractivity (Wildman–Crippen MR) is 74.1 cm³/mol. The van der Waals surface area contributed by atoms with Gasteiger partial charge in [0.2, 0.25) is 5.88 Å². The molecule has 0 radical (unpaired) electrons. The number of pyridine rings is 1. The van der Waals surface area contributed by atoms with E-state index in [9.17, 15) is 14.9 Å². The number of hydrogen-bond acceptors (Lipinski definition) is 5. The number of aromatic carboxylic acids is 1. The van der Waals surface area contributed by atoms with Crippen LogP contribution in [-0.2, 0) is 0 Å². The molecule has 0 saturated heterocycles. The highest BCUT2D eigenvalue weighted by molar-refractivity contribution is 6.32. The summed E-state index contributed by atoms with van der Waals surface area (Å²) in [6.45, 7) is 1.58. The normalized spacial score (nSPS) is 10.2. The summed E-state index contributed by atoms with van der Waals surface area (Å²) in [6, 6.07) is 5.63. The predicted octanol–water partition coefficient (Wildman–Crippen LogP) is 3.44. The largest absolute Gasteiger partial charge is 0.478 e. The molecule has 0 unspecified atom stereocenters. The minimum Gasteiger partial charge on any atom is -0.478 e. The van der Waals surface area contributed by atoms with Gasteiger partial charge >= 0.3 is 5.97 Å². The van der Waals surface area contributed by atoms with Gasteiger partial charge in [-0.15, -0.1) is 0 Å². The molecule has 108 valence electrons. The third-order valence-electron chi connectivity index (χ3n) is 2.72. The van der Waals surface area contributed by atoms with E-state index >= 15 is 0 Å². The first-order valence-corrected chi connectivity index (χ1v) is 6.08. The Morgan fingerprint density at radius 2 is 2.19 bits per heavy atom. The number of nitro groups is 1. The number of carboxylic acids is 1. The monoisotopic (exact) mass is 308 g/mol. The number of aromatic nitrogens is 1. The van der Waals surface area contributed by atoms with Crippen molar-refractivity contribution in [3.63, 3.8) is 0 Å². The average molecular weight is 309 g/mol. The second-order valence-corrected chi connectivity index (χ2v) is 4.48. The Morgan fingerprint density at radius 3 is 2.76 bits per heavy atom. The van der Waals surface area contributed by atoms with Gasteiger partial charge in [-0.05, 0) is 19.1 Å². The van der Waals surface area contributed by atoms with Crippen molar-refractivity contribution < 1.29 is 19.6 Å². The second kappa shape index (κ2) is 5.76. The van der Waals surface area contributed by atoms with E-state index < -0.39 is 10.9 Å². The standard InChI is InChI=1S/C13H9ClN2O5/c1-7-9(13(17)18)3-2-4-11(7)21-12-10(14)5-8(6-15-12)16(19)20/h2-6H,1H3,(H,17,18). The van der Waals surface area contributed by atoms with Gasteiger partial charge in [-0.3, -0.25) is 10.1 Å². The van der Waals surface area contributed by atoms with Crippen LogP contribution in [0.15, 0.2) is 30.5 Å². The van der Waals surface area contributed by atoms with E-state index in [0.29, 0.717) is 5.56 Å². The molecule has 1 heterocycles. The Bertz CT molecular complexity index is 732. The molecule has 7 nitrogen and oxygen atoms in total. The van der Waals surface area contributed by atoms with Gasteiger partial charge in [-0.25, -0.2) is 9.78 Å². The number of halogens is 1. The minimum absolute atomic E-state index is 0.0343. The Kier molecular flexibility index (Phi) is 4.04. The highest BCUT2D eigenvalue weighted by atomic mass is 35.5. The Balaban J connectivity index is 2.37. The van der Waals surface area contributed by atoms with Gasteiger partial charge in [-0.1, -0.05) is 17.7 Å². The van der Waals surface area contributed by atoms with Crippen LogP contribution >= 0.6 is 11.6 Å². The summed E-state index contributed by atoms with van der Waals surface area (Å²) in [7, 11) is 0. The summed E-state index contributed by atoms with van der Waals surface area (Å²) in [5.74, 6) is -0.855. The molecule has 0 aliphatic carbocycles. The summed E-state index contributed by atoms with van der Waals surface area (Å²) < 4.78 is 5.44. The molecule has 21 heavy (non-hydrogen) atoms. The zero-order chi connectivity index (χ0) is 15.6. The summed E-state index contributed by atoms with van der Waals surface area (Å²) >= 11 is 5.87. The molecule has 1 aromatic heterocycles. The van der Waals surface area contributed by atoms with Gasteiger partial charge < -0.3 is 9.84 Å². The first-order valence-electron chi connectivity index (χ1n) is 5.71. The number of rotatable bonds is 4. The number of benzene rings is 1. The number of ether oxygens (including phenoxy) is 1. The topological polar surface area (TPSA) is 103 Å². The van der Waals surface area contributed by atoms with Crippen molar-refractivity contribution in [1.82, 2.24) is 4.98 Å². The minimum atomic E-state index is -1.08. The molecule has 1 N–H and O–H groups in total. The molecular weight excluding hydrogens is 300 g/mol. The molecule has 0 spiro atoms. The van der Waals surface area contributed by atoms with E-state index in [4.69, 9.17) is 21.4 Å². The number of carbonyl (C=O) groups is 1. The van der Waals surface area contributed by atoms with Crippen LogP contribution in [0.25, 0.3) is 0 Å². The molecule has 0 amide bonds. The van der Waals surface area contributed by atoms with E-state index in [1.807, 2.05) is 0 Å². The lowest BCUT2D eigenvalue weighted by Gasteiger charge is -2.10. The maximum Gasteiger partial charge on any atom is 0.336 e. The van der Waals surface area contributed by atoms with Crippen molar-refractivity contribution in [2.75, 3.05) is 0 Å². The summed E-state index contributed by atoms with van der Waals surface area (Å²) in [5.41, 5.74) is 0.232. The first kappa shape index (κ1) is 14.7. The van der Waals surface area contributed by atoms with Crippen molar-refractivity contribution in [2.24, 2.45) is 0 Å². The highest BCUT2D eigenvalue weighted by Crippen LogP contribution is 2.32. The third kappa shape index (κ3) is 3.09. The first-order chi connectivity index (χ1) is 9.90. The highest BCUT2D eigenvalue weighted by Gasteiger charge is 2.15. The molecule has 2 aromatic rings. The molecular formula is C13H9ClN2O5. The van der Waals surface area contributed by atoms with E-state index in [0.717, 1.165) is 12.3 Å². The summed E-state index contributed by atoms with van der Waals surface area (Å²) in [4.78, 5) is 24.8. The summed E-state index contributed by atoms with van der Waals surface area (Å²) in [5, 5.41) is 19.6. The maximum atomic E-state index is 11.0. The lowest BCUT2D eigenvalue weighted by atomic mass is 10.1. The Labute approximate surface area is 123 Å². The third-order valence-corrected chi connectivity index (χ3v) is 3.00. The molecule has 2 rings (SSSR count). The molecule has 0 saturated carbocycles. The van der Waals surface area contributed by atoms with Crippen molar-refractivity contribution in [1.29, 1.82) is 0 Å². The fourth-order valence-electron chi connectivity index (χ4n) is 1.65. The average Bonchev–Trinajstić information content (AvgIpc) is 2.42. The van der Waals surface area contributed by atoms with Gasteiger partial charge in [0.25, 0.3) is 5.69 Å². The van der Waals surface area contributed by atoms with Crippen LogP contribution in [0.4, 0.5) is 5.69 Å². The lowest BCUT2D eigenvalue weighted by Crippen LogP contribution is -2.01. The van der Waals surface area contributed by atoms with Crippen LogP contribution in [0.5, 0.6) is 11.6 Å². The molecule has 1 aromatic carbocycles. The van der Waals surface area contributed by atoms with Crippen molar-refractivity contribution in [3.8, 4) is 11.6 Å². The van der Waals surface area contributed by atoms with Gasteiger partial charge in [0.1, 0.15) is 17.0 Å². The van der Waals surface area contributed by atoms with Crippen LogP contribution in [0, 0.1) is 17.0 Å². The zero-order valence-corrected chi connectivity index (χ0v) is 11.5. The maximum absolute atomic E-state index is 11.0. The SMILES string of the molecule is Cc1c(Oc2ncc([N+](=O)[O-])cc2Cl)cccc1C(=O)O. The van der Waals surface area contributed by atoms with Crippen molar-refractivity contribution in [2.45, 2.75) is 6.92 Å². The van der Waals surface area contributed by atoms with Crippen LogP contribution in [0.3, 0.4) is 0 Å². The smallest absolute Gasteiger partial charge is 0.336 e. The molecule has 0 aliphatic heterocycles. The number of hydrogen-bond donors (Lipinski definition) is 1. The van der Waals surface area contributed by atoms with Crippen LogP contribution in [0.1, 0.15) is 15.9 Å². The van der Waals surface area contributed by atoms with E-state index in [2.05, 4.69) is 4.98 Å². The molecule has 0 fully saturated rings. The van der Waals surface area contributed by atoms with Gasteiger partial charge in [-0.2, -0.15) is 0 Å². The number of nitrogens with zero attached hydrogens (tertiary/aromatic N) is 2. The molecule has 0 bridgehead atoms. The molecule has 8 heteroatoms. The lowest BCUT2D eigenvalue weighted by molar-refractivity contribution is -0.385. The fourth-order valence-corrected chi connectivity index (χ4v) is 1.85.